The van der Waals surface area contributed by atoms with Gasteiger partial charge in [0.05, 0.1) is 19.0 Å². The van der Waals surface area contributed by atoms with Crippen LogP contribution in [0, 0.1) is 6.92 Å². The number of methoxy groups -OCH3 is 1. The Bertz CT molecular complexity index is 562. The zero-order valence-electron chi connectivity index (χ0n) is 9.54. The highest BCUT2D eigenvalue weighted by molar-refractivity contribution is 5.86. The molecule has 2 N–H and O–H groups in total. The Hall–Kier alpha value is -2.37. The number of aromatic nitrogens is 3. The number of hydrogen-bond acceptors (Lipinski definition) is 5. The molecule has 0 aliphatic rings. The number of hydrogen-bond donors (Lipinski definition) is 1. The normalized spacial score (nSPS) is 10.2. The lowest BCUT2D eigenvalue weighted by atomic mass is 10.2. The standard InChI is InChI=1S/C11H12N4O2/c1-7-3-4-8(12)5-10(7)15-6-9(13-14-15)11(16)17-2/h3-6H,12H2,1-2H3. The van der Waals surface area contributed by atoms with Crippen LogP contribution in [0.3, 0.4) is 0 Å². The highest BCUT2D eigenvalue weighted by Gasteiger charge is 2.12. The molecule has 0 atom stereocenters. The summed E-state index contributed by atoms with van der Waals surface area (Å²) in [6.45, 7) is 1.92. The average Bonchev–Trinajstić information content (AvgIpc) is 2.80. The number of ether oxygens (including phenoxy) is 1. The summed E-state index contributed by atoms with van der Waals surface area (Å²) in [6, 6.07) is 5.45. The number of carbonyl (C=O) groups excluding carboxylic acids is 1. The lowest BCUT2D eigenvalue weighted by Crippen LogP contribution is -2.01. The second-order valence-corrected chi connectivity index (χ2v) is 3.59. The Morgan fingerprint density at radius 3 is 2.94 bits per heavy atom. The summed E-state index contributed by atoms with van der Waals surface area (Å²) < 4.78 is 6.06. The lowest BCUT2D eigenvalue weighted by molar-refractivity contribution is 0.0594. The first kappa shape index (κ1) is 11.1. The van der Waals surface area contributed by atoms with E-state index in [2.05, 4.69) is 15.0 Å². The lowest BCUT2D eigenvalue weighted by Gasteiger charge is -2.05. The third-order valence-electron chi connectivity index (χ3n) is 2.37. The molecule has 1 aromatic heterocycles. The number of benzene rings is 1. The van der Waals surface area contributed by atoms with Gasteiger partial charge in [0.25, 0.3) is 0 Å². The molecule has 2 aromatic rings. The van der Waals surface area contributed by atoms with Crippen LogP contribution in [-0.2, 0) is 4.74 Å². The van der Waals surface area contributed by atoms with Gasteiger partial charge in [-0.05, 0) is 24.6 Å². The maximum absolute atomic E-state index is 11.2. The monoisotopic (exact) mass is 232 g/mol. The molecule has 6 heteroatoms. The van der Waals surface area contributed by atoms with Gasteiger partial charge in [-0.25, -0.2) is 9.48 Å². The van der Waals surface area contributed by atoms with Gasteiger partial charge in [0, 0.05) is 5.69 Å². The molecule has 2 rings (SSSR count). The molecular formula is C11H12N4O2. The molecule has 0 spiro atoms. The highest BCUT2D eigenvalue weighted by Crippen LogP contribution is 2.16. The van der Waals surface area contributed by atoms with Crippen LogP contribution < -0.4 is 5.73 Å². The van der Waals surface area contributed by atoms with E-state index < -0.39 is 5.97 Å². The van der Waals surface area contributed by atoms with E-state index in [0.717, 1.165) is 11.3 Å². The molecule has 17 heavy (non-hydrogen) atoms. The second kappa shape index (κ2) is 4.25. The number of esters is 1. The Morgan fingerprint density at radius 2 is 2.24 bits per heavy atom. The predicted octanol–water partition coefficient (Wildman–Crippen LogP) is 0.945. The van der Waals surface area contributed by atoms with Crippen LogP contribution in [0.4, 0.5) is 5.69 Å². The van der Waals surface area contributed by atoms with Crippen LogP contribution in [0.5, 0.6) is 0 Å². The predicted molar refractivity (Wildman–Crippen MR) is 61.8 cm³/mol. The number of carbonyl (C=O) groups is 1. The van der Waals surface area contributed by atoms with Gasteiger partial charge in [-0.2, -0.15) is 0 Å². The zero-order valence-corrected chi connectivity index (χ0v) is 9.54. The minimum absolute atomic E-state index is 0.161. The maximum Gasteiger partial charge on any atom is 0.360 e. The quantitative estimate of drug-likeness (QED) is 0.615. The Morgan fingerprint density at radius 1 is 1.47 bits per heavy atom. The number of rotatable bonds is 2. The number of nitrogens with zero attached hydrogens (tertiary/aromatic N) is 3. The Balaban J connectivity index is 2.43. The van der Waals surface area contributed by atoms with Crippen LogP contribution in [-0.4, -0.2) is 28.1 Å². The van der Waals surface area contributed by atoms with Gasteiger partial charge < -0.3 is 10.5 Å². The largest absolute Gasteiger partial charge is 0.464 e. The van der Waals surface area contributed by atoms with Crippen molar-refractivity contribution in [2.24, 2.45) is 0 Å². The summed E-state index contributed by atoms with van der Waals surface area (Å²) in [7, 11) is 1.30. The summed E-state index contributed by atoms with van der Waals surface area (Å²) >= 11 is 0. The molecule has 1 aromatic carbocycles. The van der Waals surface area contributed by atoms with Gasteiger partial charge >= 0.3 is 5.97 Å². The van der Waals surface area contributed by atoms with E-state index in [0.29, 0.717) is 5.69 Å². The first-order chi connectivity index (χ1) is 8.11. The van der Waals surface area contributed by atoms with Crippen LogP contribution in [0.25, 0.3) is 5.69 Å². The fourth-order valence-electron chi connectivity index (χ4n) is 1.45. The molecule has 0 fully saturated rings. The summed E-state index contributed by atoms with van der Waals surface area (Å²) in [4.78, 5) is 11.2. The fraction of sp³-hybridized carbons (Fsp3) is 0.182. The Kier molecular flexibility index (Phi) is 2.78. The van der Waals surface area contributed by atoms with E-state index in [4.69, 9.17) is 5.73 Å². The van der Waals surface area contributed by atoms with E-state index in [9.17, 15) is 4.79 Å². The minimum Gasteiger partial charge on any atom is -0.464 e. The van der Waals surface area contributed by atoms with E-state index in [1.54, 1.807) is 12.1 Å². The summed E-state index contributed by atoms with van der Waals surface area (Å²) in [6.07, 6.45) is 1.51. The van der Waals surface area contributed by atoms with Gasteiger partial charge in [0.2, 0.25) is 0 Å². The van der Waals surface area contributed by atoms with E-state index >= 15 is 0 Å². The number of anilines is 1. The maximum atomic E-state index is 11.2. The molecule has 0 unspecified atom stereocenters. The summed E-state index contributed by atoms with van der Waals surface area (Å²) in [5, 5.41) is 7.60. The van der Waals surface area contributed by atoms with Gasteiger partial charge in [0.15, 0.2) is 5.69 Å². The third kappa shape index (κ3) is 2.10. The van der Waals surface area contributed by atoms with Crippen molar-refractivity contribution < 1.29 is 9.53 Å². The molecular weight excluding hydrogens is 220 g/mol. The second-order valence-electron chi connectivity index (χ2n) is 3.59. The van der Waals surface area contributed by atoms with Crippen molar-refractivity contribution in [1.82, 2.24) is 15.0 Å². The summed E-state index contributed by atoms with van der Waals surface area (Å²) in [5.41, 5.74) is 8.26. The zero-order chi connectivity index (χ0) is 12.4. The first-order valence-corrected chi connectivity index (χ1v) is 4.99. The van der Waals surface area contributed by atoms with Crippen molar-refractivity contribution in [3.8, 4) is 5.69 Å². The van der Waals surface area contributed by atoms with Crippen LogP contribution >= 0.6 is 0 Å². The fourth-order valence-corrected chi connectivity index (χ4v) is 1.45. The van der Waals surface area contributed by atoms with E-state index in [-0.39, 0.29) is 5.69 Å². The highest BCUT2D eigenvalue weighted by atomic mass is 16.5. The van der Waals surface area contributed by atoms with E-state index in [1.165, 1.54) is 18.0 Å². The molecule has 1 heterocycles. The molecule has 0 radical (unpaired) electrons. The molecule has 0 bridgehead atoms. The Labute approximate surface area is 98.0 Å². The van der Waals surface area contributed by atoms with Crippen molar-refractivity contribution >= 4 is 11.7 Å². The average molecular weight is 232 g/mol. The van der Waals surface area contributed by atoms with E-state index in [1.807, 2.05) is 13.0 Å². The van der Waals surface area contributed by atoms with Crippen molar-refractivity contribution in [3.05, 3.63) is 35.7 Å². The van der Waals surface area contributed by atoms with Crippen LogP contribution in [0.1, 0.15) is 16.1 Å². The minimum atomic E-state index is -0.516. The number of aryl methyl sites for hydroxylation is 1. The molecule has 0 aliphatic carbocycles. The van der Waals surface area contributed by atoms with Gasteiger partial charge in [-0.3, -0.25) is 0 Å². The van der Waals surface area contributed by atoms with Gasteiger partial charge in [-0.15, -0.1) is 5.10 Å². The molecule has 88 valence electrons. The third-order valence-corrected chi connectivity index (χ3v) is 2.37. The molecule has 6 nitrogen and oxygen atoms in total. The number of nitrogens with two attached hydrogens (primary N) is 1. The molecule has 0 aliphatic heterocycles. The van der Waals surface area contributed by atoms with Crippen molar-refractivity contribution in [1.29, 1.82) is 0 Å². The molecule has 0 amide bonds. The van der Waals surface area contributed by atoms with Gasteiger partial charge in [0.1, 0.15) is 0 Å². The van der Waals surface area contributed by atoms with Crippen molar-refractivity contribution in [2.45, 2.75) is 6.92 Å². The van der Waals surface area contributed by atoms with Crippen molar-refractivity contribution in [3.63, 3.8) is 0 Å². The molecule has 0 saturated carbocycles. The smallest absolute Gasteiger partial charge is 0.360 e. The first-order valence-electron chi connectivity index (χ1n) is 4.99. The SMILES string of the molecule is COC(=O)c1cn(-c2cc(N)ccc2C)nn1. The van der Waals surface area contributed by atoms with Crippen LogP contribution in [0.2, 0.25) is 0 Å². The summed E-state index contributed by atoms with van der Waals surface area (Å²) in [5.74, 6) is -0.516. The van der Waals surface area contributed by atoms with Crippen molar-refractivity contribution in [2.75, 3.05) is 12.8 Å². The van der Waals surface area contributed by atoms with Crippen LogP contribution in [0.15, 0.2) is 24.4 Å². The van der Waals surface area contributed by atoms with Gasteiger partial charge in [-0.1, -0.05) is 11.3 Å². The molecule has 0 saturated heterocycles. The number of nitrogen functional groups attached to an aromatic ring is 1. The topological polar surface area (TPSA) is 83.0 Å².